The smallest absolute Gasteiger partial charge is 0.165 e. The van der Waals surface area contributed by atoms with Crippen molar-refractivity contribution in [3.05, 3.63) is 34.3 Å². The molecule has 0 aliphatic heterocycles. The molecule has 2 nitrogen and oxygen atoms in total. The third-order valence-electron chi connectivity index (χ3n) is 3.36. The van der Waals surface area contributed by atoms with Gasteiger partial charge in [0.1, 0.15) is 0 Å². The molecule has 19 heavy (non-hydrogen) atoms. The molecule has 0 fully saturated rings. The normalized spacial score (nSPS) is 12.7. The average molecular weight is 344 g/mol. The van der Waals surface area contributed by atoms with E-state index >= 15 is 0 Å². The van der Waals surface area contributed by atoms with Crippen LogP contribution >= 0.6 is 27.7 Å². The van der Waals surface area contributed by atoms with Gasteiger partial charge in [-0.3, -0.25) is 4.79 Å². The topological polar surface area (TPSA) is 20.3 Å². The molecule has 1 atom stereocenters. The Morgan fingerprint density at radius 2 is 2.11 bits per heavy atom. The maximum Gasteiger partial charge on any atom is 0.165 e. The number of hydrogen-bond donors (Lipinski definition) is 0. The lowest BCUT2D eigenvalue weighted by Crippen LogP contribution is -2.31. The van der Waals surface area contributed by atoms with Crippen LogP contribution in [0.5, 0.6) is 0 Å². The molecule has 0 aromatic heterocycles. The molecule has 1 unspecified atom stereocenters. The van der Waals surface area contributed by atoms with E-state index in [0.717, 1.165) is 16.6 Å². The Kier molecular flexibility index (Phi) is 7.73. The summed E-state index contributed by atoms with van der Waals surface area (Å²) < 4.78 is 0.887. The molecule has 0 saturated carbocycles. The van der Waals surface area contributed by atoms with Gasteiger partial charge in [-0.15, -0.1) is 0 Å². The molecule has 0 N–H and O–H groups in total. The first kappa shape index (κ1) is 16.7. The highest BCUT2D eigenvalue weighted by molar-refractivity contribution is 9.10. The van der Waals surface area contributed by atoms with Crippen LogP contribution in [0, 0.1) is 0 Å². The summed E-state index contributed by atoms with van der Waals surface area (Å²) in [5, 5.41) is 0. The predicted molar refractivity (Wildman–Crippen MR) is 88.2 cm³/mol. The van der Waals surface area contributed by atoms with Crippen molar-refractivity contribution in [2.75, 3.05) is 25.6 Å². The summed E-state index contributed by atoms with van der Waals surface area (Å²) in [5.41, 5.74) is 0.785. The Bertz CT molecular complexity index is 411. The Balaban J connectivity index is 2.44. The zero-order valence-electron chi connectivity index (χ0n) is 11.9. The molecular formula is C15H22BrNOS. The summed E-state index contributed by atoms with van der Waals surface area (Å²) in [6.45, 7) is 3.04. The van der Waals surface area contributed by atoms with Gasteiger partial charge >= 0.3 is 0 Å². The highest BCUT2D eigenvalue weighted by Gasteiger charge is 2.13. The van der Waals surface area contributed by atoms with E-state index in [0.29, 0.717) is 12.5 Å². The first-order valence-corrected chi connectivity index (χ1v) is 8.72. The van der Waals surface area contributed by atoms with Crippen molar-refractivity contribution in [2.45, 2.75) is 25.8 Å². The van der Waals surface area contributed by atoms with Gasteiger partial charge in [0.05, 0.1) is 0 Å². The fraction of sp³-hybridized carbons (Fsp3) is 0.533. The van der Waals surface area contributed by atoms with Crippen LogP contribution in [0.1, 0.15) is 30.1 Å². The third-order valence-corrected chi connectivity index (χ3v) is 4.69. The summed E-state index contributed by atoms with van der Waals surface area (Å²) in [4.78, 5) is 14.4. The highest BCUT2D eigenvalue weighted by atomic mass is 79.9. The Morgan fingerprint density at radius 3 is 2.74 bits per heavy atom. The molecule has 0 heterocycles. The quantitative estimate of drug-likeness (QED) is 0.663. The summed E-state index contributed by atoms with van der Waals surface area (Å²) in [5.74, 6) is 1.38. The fourth-order valence-corrected chi connectivity index (χ4v) is 2.91. The molecule has 4 heteroatoms. The molecule has 1 aromatic carbocycles. The molecule has 106 valence electrons. The van der Waals surface area contributed by atoms with Gasteiger partial charge in [0.2, 0.25) is 0 Å². The van der Waals surface area contributed by atoms with Crippen LogP contribution in [-0.2, 0) is 0 Å². The zero-order valence-corrected chi connectivity index (χ0v) is 14.3. The van der Waals surface area contributed by atoms with Gasteiger partial charge in [-0.25, -0.2) is 0 Å². The van der Waals surface area contributed by atoms with Crippen molar-refractivity contribution in [3.63, 3.8) is 0 Å². The molecule has 0 bridgehead atoms. The van der Waals surface area contributed by atoms with E-state index in [4.69, 9.17) is 0 Å². The molecule has 1 aromatic rings. The second kappa shape index (κ2) is 8.77. The van der Waals surface area contributed by atoms with Crippen molar-refractivity contribution in [3.8, 4) is 0 Å². The first-order valence-electron chi connectivity index (χ1n) is 6.53. The van der Waals surface area contributed by atoms with E-state index < -0.39 is 0 Å². The number of Topliss-reactive ketones (excluding diaryl/α,β-unsaturated/α-hetero) is 1. The Labute approximate surface area is 129 Å². The largest absolute Gasteiger partial charge is 0.303 e. The van der Waals surface area contributed by atoms with E-state index in [9.17, 15) is 4.79 Å². The average Bonchev–Trinajstić information content (AvgIpc) is 2.42. The SMILES string of the molecule is CSCCC(C)N(C)CCC(=O)c1ccccc1Br. The third kappa shape index (κ3) is 5.67. The van der Waals surface area contributed by atoms with Crippen LogP contribution < -0.4 is 0 Å². The van der Waals surface area contributed by atoms with Gasteiger partial charge in [-0.1, -0.05) is 34.1 Å². The number of hydrogen-bond acceptors (Lipinski definition) is 3. The van der Waals surface area contributed by atoms with Gasteiger partial charge in [0.25, 0.3) is 0 Å². The second-order valence-corrected chi connectivity index (χ2v) is 6.60. The fourth-order valence-electron chi connectivity index (χ4n) is 1.83. The molecular weight excluding hydrogens is 322 g/mol. The van der Waals surface area contributed by atoms with Crippen LogP contribution in [0.4, 0.5) is 0 Å². The van der Waals surface area contributed by atoms with Crippen LogP contribution in [0.15, 0.2) is 28.7 Å². The first-order chi connectivity index (χ1) is 9.06. The lowest BCUT2D eigenvalue weighted by Gasteiger charge is -2.24. The van der Waals surface area contributed by atoms with Crippen molar-refractivity contribution >= 4 is 33.5 Å². The van der Waals surface area contributed by atoms with E-state index in [1.165, 1.54) is 12.2 Å². The van der Waals surface area contributed by atoms with Crippen molar-refractivity contribution in [1.82, 2.24) is 4.90 Å². The lowest BCUT2D eigenvalue weighted by atomic mass is 10.1. The zero-order chi connectivity index (χ0) is 14.3. The minimum absolute atomic E-state index is 0.205. The predicted octanol–water partition coefficient (Wildman–Crippen LogP) is 4.10. The monoisotopic (exact) mass is 343 g/mol. The summed E-state index contributed by atoms with van der Waals surface area (Å²) in [6.07, 6.45) is 3.87. The van der Waals surface area contributed by atoms with Crippen molar-refractivity contribution in [1.29, 1.82) is 0 Å². The molecule has 0 aliphatic carbocycles. The van der Waals surface area contributed by atoms with Gasteiger partial charge in [0, 0.05) is 29.0 Å². The van der Waals surface area contributed by atoms with Crippen LogP contribution in [0.2, 0.25) is 0 Å². The second-order valence-electron chi connectivity index (χ2n) is 4.76. The number of ketones is 1. The Hall–Kier alpha value is -0.320. The number of thioether (sulfide) groups is 1. The van der Waals surface area contributed by atoms with E-state index in [-0.39, 0.29) is 5.78 Å². The molecule has 0 radical (unpaired) electrons. The maximum atomic E-state index is 12.1. The molecule has 1 rings (SSSR count). The molecule has 0 spiro atoms. The number of benzene rings is 1. The minimum Gasteiger partial charge on any atom is -0.303 e. The summed E-state index contributed by atoms with van der Waals surface area (Å²) in [7, 11) is 2.10. The van der Waals surface area contributed by atoms with E-state index in [1.54, 1.807) is 0 Å². The highest BCUT2D eigenvalue weighted by Crippen LogP contribution is 2.18. The standard InChI is InChI=1S/C15H22BrNOS/c1-12(9-11-19-3)17(2)10-8-15(18)13-6-4-5-7-14(13)16/h4-7,12H,8-11H2,1-3H3. The van der Waals surface area contributed by atoms with Crippen molar-refractivity contribution in [2.24, 2.45) is 0 Å². The van der Waals surface area contributed by atoms with Gasteiger partial charge in [-0.05, 0) is 38.5 Å². The molecule has 0 saturated heterocycles. The number of carbonyl (C=O) groups is 1. The van der Waals surface area contributed by atoms with Crippen LogP contribution in [-0.4, -0.2) is 42.3 Å². The molecule has 0 amide bonds. The van der Waals surface area contributed by atoms with Crippen LogP contribution in [0.25, 0.3) is 0 Å². The van der Waals surface area contributed by atoms with Gasteiger partial charge < -0.3 is 4.90 Å². The van der Waals surface area contributed by atoms with Gasteiger partial charge in [-0.2, -0.15) is 11.8 Å². The van der Waals surface area contributed by atoms with E-state index in [2.05, 4.69) is 41.1 Å². The van der Waals surface area contributed by atoms with Crippen molar-refractivity contribution < 1.29 is 4.79 Å². The maximum absolute atomic E-state index is 12.1. The van der Waals surface area contributed by atoms with Crippen LogP contribution in [0.3, 0.4) is 0 Å². The Morgan fingerprint density at radius 1 is 1.42 bits per heavy atom. The van der Waals surface area contributed by atoms with E-state index in [1.807, 2.05) is 36.0 Å². The molecule has 0 aliphatic rings. The van der Waals surface area contributed by atoms with Gasteiger partial charge in [0.15, 0.2) is 5.78 Å². The number of nitrogens with zero attached hydrogens (tertiary/aromatic N) is 1. The lowest BCUT2D eigenvalue weighted by molar-refractivity contribution is 0.0961. The minimum atomic E-state index is 0.205. The number of rotatable bonds is 8. The number of carbonyl (C=O) groups excluding carboxylic acids is 1. The summed E-state index contributed by atoms with van der Waals surface area (Å²) in [6, 6.07) is 8.15. The number of halogens is 1. The summed E-state index contributed by atoms with van der Waals surface area (Å²) >= 11 is 5.30.